The lowest BCUT2D eigenvalue weighted by Crippen LogP contribution is -2.32. The maximum absolute atomic E-state index is 12.1. The Morgan fingerprint density at radius 3 is 2.68 bits per heavy atom. The van der Waals surface area contributed by atoms with Crippen molar-refractivity contribution in [1.82, 2.24) is 0 Å². The predicted octanol–water partition coefficient (Wildman–Crippen LogP) is 2.35. The van der Waals surface area contributed by atoms with Crippen LogP contribution < -0.4 is 4.90 Å². The lowest BCUT2D eigenvalue weighted by Gasteiger charge is -2.17. The second-order valence-corrected chi connectivity index (χ2v) is 5.52. The van der Waals surface area contributed by atoms with E-state index in [9.17, 15) is 14.4 Å². The van der Waals surface area contributed by atoms with Crippen LogP contribution in [0.2, 0.25) is 0 Å². The zero-order chi connectivity index (χ0) is 14.2. The zero-order valence-corrected chi connectivity index (χ0v) is 11.4. The number of carboxylic acids is 1. The molecule has 0 spiro atoms. The van der Waals surface area contributed by atoms with Crippen molar-refractivity contribution < 1.29 is 19.5 Å². The van der Waals surface area contributed by atoms with E-state index in [2.05, 4.69) is 0 Å². The average molecular weight is 279 g/mol. The molecule has 0 bridgehead atoms. The number of benzene rings is 1. The molecule has 100 valence electrons. The molecule has 1 atom stereocenters. The van der Waals surface area contributed by atoms with Gasteiger partial charge in [0.15, 0.2) is 0 Å². The highest BCUT2D eigenvalue weighted by atomic mass is 32.2. The number of anilines is 1. The molecule has 0 saturated carbocycles. The smallest absolute Gasteiger partial charge is 0.305 e. The highest BCUT2D eigenvalue weighted by Crippen LogP contribution is 2.35. The van der Waals surface area contributed by atoms with E-state index in [4.69, 9.17) is 5.11 Å². The van der Waals surface area contributed by atoms with Crippen LogP contribution in [-0.2, 0) is 9.59 Å². The van der Waals surface area contributed by atoms with Crippen molar-refractivity contribution in [3.05, 3.63) is 29.3 Å². The van der Waals surface area contributed by atoms with Gasteiger partial charge in [-0.2, -0.15) is 0 Å². The number of imide groups is 1. The molecular formula is C13H13NO4S. The molecule has 0 aromatic heterocycles. The van der Waals surface area contributed by atoms with Crippen LogP contribution in [0.25, 0.3) is 0 Å². The first-order valence-electron chi connectivity index (χ1n) is 5.74. The fourth-order valence-corrected chi connectivity index (χ4v) is 2.91. The van der Waals surface area contributed by atoms with Gasteiger partial charge in [-0.1, -0.05) is 12.1 Å². The van der Waals surface area contributed by atoms with Gasteiger partial charge in [0, 0.05) is 0 Å². The average Bonchev–Trinajstić information content (AvgIpc) is 2.58. The van der Waals surface area contributed by atoms with Crippen molar-refractivity contribution in [3.8, 4) is 0 Å². The first-order valence-corrected chi connectivity index (χ1v) is 6.62. The van der Waals surface area contributed by atoms with Gasteiger partial charge in [-0.25, -0.2) is 4.90 Å². The van der Waals surface area contributed by atoms with E-state index in [1.807, 2.05) is 19.9 Å². The van der Waals surface area contributed by atoms with Gasteiger partial charge in [0.1, 0.15) is 5.25 Å². The molecule has 0 aliphatic carbocycles. The van der Waals surface area contributed by atoms with E-state index in [0.717, 1.165) is 27.8 Å². The molecule has 0 radical (unpaired) electrons. The minimum absolute atomic E-state index is 0.337. The number of rotatable bonds is 3. The number of hydrogen-bond donors (Lipinski definition) is 1. The van der Waals surface area contributed by atoms with Crippen molar-refractivity contribution in [1.29, 1.82) is 0 Å². The number of hydrogen-bond acceptors (Lipinski definition) is 4. The summed E-state index contributed by atoms with van der Waals surface area (Å²) in [6, 6.07) is 5.36. The molecule has 1 aromatic rings. The highest BCUT2D eigenvalue weighted by Gasteiger charge is 2.42. The second kappa shape index (κ2) is 5.05. The van der Waals surface area contributed by atoms with Crippen LogP contribution in [0.15, 0.2) is 18.2 Å². The Morgan fingerprint density at radius 1 is 1.37 bits per heavy atom. The topological polar surface area (TPSA) is 74.7 Å². The van der Waals surface area contributed by atoms with Gasteiger partial charge >= 0.3 is 5.97 Å². The summed E-state index contributed by atoms with van der Waals surface area (Å²) in [5.74, 6) is -1.53. The number of carbonyl (C=O) groups excluding carboxylic acids is 2. The standard InChI is InChI=1S/C13H13NO4S/c1-7-4-3-5-9(8(7)2)14-12(17)10(6-11(15)16)19-13(14)18/h3-5,10H,6H2,1-2H3,(H,15,16)/t10-/m0/s1. The summed E-state index contributed by atoms with van der Waals surface area (Å²) in [5, 5.41) is 7.50. The van der Waals surface area contributed by atoms with Gasteiger partial charge in [-0.3, -0.25) is 14.4 Å². The molecule has 1 saturated heterocycles. The number of aryl methyl sites for hydroxylation is 1. The number of thioether (sulfide) groups is 1. The molecule has 19 heavy (non-hydrogen) atoms. The van der Waals surface area contributed by atoms with Gasteiger partial charge in [-0.05, 0) is 42.8 Å². The fraction of sp³-hybridized carbons (Fsp3) is 0.308. The van der Waals surface area contributed by atoms with Gasteiger partial charge in [0.05, 0.1) is 12.1 Å². The molecule has 5 nitrogen and oxygen atoms in total. The maximum atomic E-state index is 12.1. The maximum Gasteiger partial charge on any atom is 0.305 e. The van der Waals surface area contributed by atoms with Crippen LogP contribution in [0.4, 0.5) is 10.5 Å². The van der Waals surface area contributed by atoms with Crippen LogP contribution >= 0.6 is 11.8 Å². The van der Waals surface area contributed by atoms with E-state index in [-0.39, 0.29) is 6.42 Å². The highest BCUT2D eigenvalue weighted by molar-refractivity contribution is 8.15. The number of aliphatic carboxylic acids is 1. The monoisotopic (exact) mass is 279 g/mol. The molecule has 1 aromatic carbocycles. The molecule has 2 rings (SSSR count). The molecule has 2 amide bonds. The zero-order valence-electron chi connectivity index (χ0n) is 10.5. The molecule has 1 heterocycles. The van der Waals surface area contributed by atoms with Gasteiger partial charge in [0.25, 0.3) is 5.24 Å². The number of amides is 2. The van der Waals surface area contributed by atoms with Crippen LogP contribution in [0.5, 0.6) is 0 Å². The molecule has 1 fully saturated rings. The van der Waals surface area contributed by atoms with Crippen molar-refractivity contribution in [3.63, 3.8) is 0 Å². The van der Waals surface area contributed by atoms with Crippen molar-refractivity contribution >= 4 is 34.6 Å². The third-order valence-electron chi connectivity index (χ3n) is 3.10. The largest absolute Gasteiger partial charge is 0.481 e. The van der Waals surface area contributed by atoms with E-state index < -0.39 is 22.4 Å². The Bertz CT molecular complexity index is 570. The summed E-state index contributed by atoms with van der Waals surface area (Å²) in [7, 11) is 0. The lowest BCUT2D eigenvalue weighted by molar-refractivity contribution is -0.138. The predicted molar refractivity (Wildman–Crippen MR) is 72.4 cm³/mol. The molecule has 1 aliphatic heterocycles. The third-order valence-corrected chi connectivity index (χ3v) is 4.14. The normalized spacial score (nSPS) is 19.1. The molecule has 1 N–H and O–H groups in total. The molecule has 0 unspecified atom stereocenters. The number of nitrogens with zero attached hydrogens (tertiary/aromatic N) is 1. The Morgan fingerprint density at radius 2 is 2.05 bits per heavy atom. The third kappa shape index (κ3) is 2.49. The van der Waals surface area contributed by atoms with Crippen molar-refractivity contribution in [2.45, 2.75) is 25.5 Å². The van der Waals surface area contributed by atoms with Crippen LogP contribution in [-0.4, -0.2) is 27.5 Å². The minimum atomic E-state index is -1.08. The first-order chi connectivity index (χ1) is 8.91. The van der Waals surface area contributed by atoms with Crippen molar-refractivity contribution in [2.75, 3.05) is 4.90 Å². The number of carbonyl (C=O) groups is 3. The lowest BCUT2D eigenvalue weighted by atomic mass is 10.1. The van der Waals surface area contributed by atoms with Crippen LogP contribution in [0.3, 0.4) is 0 Å². The Balaban J connectivity index is 2.35. The van der Waals surface area contributed by atoms with E-state index in [0.29, 0.717) is 5.69 Å². The quantitative estimate of drug-likeness (QED) is 0.919. The molecule has 1 aliphatic rings. The summed E-state index contributed by atoms with van der Waals surface area (Å²) in [6.07, 6.45) is -0.337. The number of carboxylic acid groups (broad SMARTS) is 1. The summed E-state index contributed by atoms with van der Waals surface area (Å²) >= 11 is 0.776. The first kappa shape index (κ1) is 13.6. The fourth-order valence-electron chi connectivity index (χ4n) is 1.94. The Labute approximate surface area is 114 Å². The van der Waals surface area contributed by atoms with Crippen LogP contribution in [0, 0.1) is 13.8 Å². The SMILES string of the molecule is Cc1cccc(N2C(=O)S[C@@H](CC(=O)O)C2=O)c1C. The van der Waals surface area contributed by atoms with E-state index >= 15 is 0 Å². The van der Waals surface area contributed by atoms with Crippen molar-refractivity contribution in [2.24, 2.45) is 0 Å². The Kier molecular flexibility index (Phi) is 3.61. The Hall–Kier alpha value is -1.82. The summed E-state index contributed by atoms with van der Waals surface area (Å²) in [4.78, 5) is 35.8. The summed E-state index contributed by atoms with van der Waals surface area (Å²) in [5.41, 5.74) is 2.36. The van der Waals surface area contributed by atoms with E-state index in [1.165, 1.54) is 0 Å². The molecular weight excluding hydrogens is 266 g/mol. The van der Waals surface area contributed by atoms with Gasteiger partial charge < -0.3 is 5.11 Å². The van der Waals surface area contributed by atoms with Crippen LogP contribution in [0.1, 0.15) is 17.5 Å². The van der Waals surface area contributed by atoms with E-state index in [1.54, 1.807) is 12.1 Å². The second-order valence-electron chi connectivity index (χ2n) is 4.36. The summed E-state index contributed by atoms with van der Waals surface area (Å²) in [6.45, 7) is 3.73. The molecule has 6 heteroatoms. The summed E-state index contributed by atoms with van der Waals surface area (Å²) < 4.78 is 0. The van der Waals surface area contributed by atoms with Gasteiger partial charge in [0.2, 0.25) is 5.91 Å². The minimum Gasteiger partial charge on any atom is -0.481 e. The van der Waals surface area contributed by atoms with Gasteiger partial charge in [-0.15, -0.1) is 0 Å².